The van der Waals surface area contributed by atoms with E-state index in [2.05, 4.69) is 16.0 Å². The lowest BCUT2D eigenvalue weighted by Gasteiger charge is -2.48. The highest BCUT2D eigenvalue weighted by Gasteiger charge is 2.54. The number of carbonyl (C=O) groups excluding carboxylic acids is 3. The Morgan fingerprint density at radius 2 is 1.31 bits per heavy atom. The number of carboxylic acids is 1. The smallest absolute Gasteiger partial charge is 0.335 e. The van der Waals surface area contributed by atoms with E-state index in [9.17, 15) is 70.2 Å². The Morgan fingerprint density at radius 3 is 1.96 bits per heavy atom. The summed E-state index contributed by atoms with van der Waals surface area (Å²) >= 11 is 0. The van der Waals surface area contributed by atoms with Crippen LogP contribution in [0.3, 0.4) is 0 Å². The van der Waals surface area contributed by atoms with Gasteiger partial charge in [0.05, 0.1) is 44.1 Å². The van der Waals surface area contributed by atoms with E-state index in [0.717, 1.165) is 24.0 Å². The Morgan fingerprint density at radius 1 is 0.667 bits per heavy atom. The molecule has 0 spiro atoms. The van der Waals surface area contributed by atoms with Crippen molar-refractivity contribution in [3.63, 3.8) is 0 Å². The van der Waals surface area contributed by atoms with Crippen LogP contribution in [0.15, 0.2) is 48.5 Å². The highest BCUT2D eigenvalue weighted by atomic mass is 16.8. The number of ketones is 2. The summed E-state index contributed by atoms with van der Waals surface area (Å²) < 4.78 is 39.9. The van der Waals surface area contributed by atoms with E-state index in [-0.39, 0.29) is 36.9 Å². The van der Waals surface area contributed by atoms with Crippen molar-refractivity contribution in [1.82, 2.24) is 16.0 Å². The van der Waals surface area contributed by atoms with Crippen molar-refractivity contribution in [2.24, 2.45) is 0 Å². The summed E-state index contributed by atoms with van der Waals surface area (Å²) in [6.07, 6.45) is -20.7. The van der Waals surface area contributed by atoms with Crippen molar-refractivity contribution in [1.29, 1.82) is 0 Å². The van der Waals surface area contributed by atoms with Crippen molar-refractivity contribution in [3.8, 4) is 16.9 Å². The van der Waals surface area contributed by atoms with Crippen molar-refractivity contribution in [2.75, 3.05) is 52.7 Å². The van der Waals surface area contributed by atoms with Crippen LogP contribution in [0.25, 0.3) is 11.1 Å². The molecule has 2 aromatic carbocycles. The van der Waals surface area contributed by atoms with Gasteiger partial charge < -0.3 is 100 Å². The van der Waals surface area contributed by atoms with Crippen molar-refractivity contribution >= 4 is 23.4 Å². The van der Waals surface area contributed by atoms with Crippen LogP contribution in [-0.4, -0.2) is 225 Å². The van der Waals surface area contributed by atoms with E-state index >= 15 is 0 Å². The molecule has 2 aromatic rings. The number of rotatable bonds is 28. The van der Waals surface area contributed by atoms with Crippen molar-refractivity contribution in [3.05, 3.63) is 54.1 Å². The van der Waals surface area contributed by atoms with Crippen LogP contribution in [0.2, 0.25) is 0 Å². The highest BCUT2D eigenvalue weighted by Crippen LogP contribution is 2.33. The molecule has 5 rings (SSSR count). The normalized spacial score (nSPS) is 30.9. The van der Waals surface area contributed by atoms with Gasteiger partial charge in [-0.15, -0.1) is 0 Å². The number of Topliss-reactive ketones (excluding diaryl/α,β-unsaturated/α-hetero) is 2. The SMILES string of the molecule is CC(=O)NC1C(O)[C@H](O[C@@H]2OC(CO)[C@H](O)C(O[C@H]3OC(CO)[C@H](O)C(O)C3O)C2O)C(CO)O[C@H]1OCCCNC(C)(C)C(=O)CCCCCNCC(=O)COc1ccc(-c2cccc(C(=O)O)c2)cc1. The van der Waals surface area contributed by atoms with E-state index in [1.807, 2.05) is 6.07 Å². The van der Waals surface area contributed by atoms with Gasteiger partial charge in [-0.1, -0.05) is 30.7 Å². The van der Waals surface area contributed by atoms with Gasteiger partial charge in [-0.2, -0.15) is 0 Å². The van der Waals surface area contributed by atoms with Crippen LogP contribution in [0.5, 0.6) is 5.75 Å². The Kier molecular flexibility index (Phi) is 22.8. The molecule has 24 nitrogen and oxygen atoms in total. The zero-order valence-electron chi connectivity index (χ0n) is 40.4. The Balaban J connectivity index is 1.00. The van der Waals surface area contributed by atoms with E-state index in [1.165, 1.54) is 13.0 Å². The van der Waals surface area contributed by atoms with Gasteiger partial charge in [0, 0.05) is 13.3 Å². The van der Waals surface area contributed by atoms with Gasteiger partial charge in [0.2, 0.25) is 5.91 Å². The molecule has 0 radical (unpaired) electrons. The number of aromatic carboxylic acids is 1. The lowest BCUT2D eigenvalue weighted by Crippen LogP contribution is -2.68. The number of amides is 1. The van der Waals surface area contributed by atoms with E-state index in [0.29, 0.717) is 38.1 Å². The van der Waals surface area contributed by atoms with E-state index in [1.54, 1.807) is 50.2 Å². The topological polar surface area (TPSA) is 371 Å². The number of aliphatic hydroxyl groups excluding tert-OH is 9. The summed E-state index contributed by atoms with van der Waals surface area (Å²) in [5.74, 6) is -1.25. The molecule has 1 amide bonds. The highest BCUT2D eigenvalue weighted by molar-refractivity contribution is 5.89. The molecule has 0 saturated carbocycles. The van der Waals surface area contributed by atoms with Gasteiger partial charge in [-0.05, 0) is 81.6 Å². The van der Waals surface area contributed by atoms with Gasteiger partial charge in [0.15, 0.2) is 30.4 Å². The van der Waals surface area contributed by atoms with Crippen LogP contribution in [0, 0.1) is 0 Å². The summed E-state index contributed by atoms with van der Waals surface area (Å²) in [4.78, 5) is 49.1. The van der Waals surface area contributed by atoms with Crippen LogP contribution in [-0.2, 0) is 42.8 Å². The summed E-state index contributed by atoms with van der Waals surface area (Å²) in [7, 11) is 0. The molecular formula is C48H71N3O21. The van der Waals surface area contributed by atoms with Gasteiger partial charge in [0.1, 0.15) is 85.5 Å². The third kappa shape index (κ3) is 15.9. The number of nitrogens with one attached hydrogen (secondary N) is 3. The van der Waals surface area contributed by atoms with Gasteiger partial charge in [0.25, 0.3) is 0 Å². The fourth-order valence-electron chi connectivity index (χ4n) is 8.40. The second-order valence-corrected chi connectivity index (χ2v) is 18.5. The number of aliphatic hydroxyl groups is 9. The monoisotopic (exact) mass is 1030 g/mol. The molecule has 0 aromatic heterocycles. The van der Waals surface area contributed by atoms with Crippen LogP contribution in [0.4, 0.5) is 0 Å². The van der Waals surface area contributed by atoms with Crippen LogP contribution in [0.1, 0.15) is 63.2 Å². The summed E-state index contributed by atoms with van der Waals surface area (Å²) in [6.45, 7) is 3.20. The summed E-state index contributed by atoms with van der Waals surface area (Å²) in [6, 6.07) is 12.3. The molecule has 72 heavy (non-hydrogen) atoms. The zero-order valence-corrected chi connectivity index (χ0v) is 40.4. The number of ether oxygens (including phenoxy) is 7. The number of benzene rings is 2. The van der Waals surface area contributed by atoms with E-state index < -0.39 is 129 Å². The molecule has 24 heteroatoms. The zero-order chi connectivity index (χ0) is 52.7. The number of carbonyl (C=O) groups is 4. The van der Waals surface area contributed by atoms with Crippen LogP contribution < -0.4 is 20.7 Å². The Bertz CT molecular complexity index is 2030. The minimum absolute atomic E-state index is 0.00754. The molecule has 3 aliphatic heterocycles. The minimum atomic E-state index is -1.96. The summed E-state index contributed by atoms with van der Waals surface area (Å²) in [5, 5.41) is 113. The number of unbranched alkanes of at least 4 members (excludes halogenated alkanes) is 2. The van der Waals surface area contributed by atoms with Crippen molar-refractivity contribution in [2.45, 2.75) is 150 Å². The quantitative estimate of drug-likeness (QED) is 0.0380. The number of hydrogen-bond acceptors (Lipinski definition) is 22. The Hall–Kier alpha value is -4.16. The van der Waals surface area contributed by atoms with E-state index in [4.69, 9.17) is 33.2 Å². The molecule has 3 aliphatic rings. The third-order valence-electron chi connectivity index (χ3n) is 12.6. The molecular weight excluding hydrogens is 955 g/mol. The predicted molar refractivity (Wildman–Crippen MR) is 249 cm³/mol. The minimum Gasteiger partial charge on any atom is -0.486 e. The molecule has 3 heterocycles. The second-order valence-electron chi connectivity index (χ2n) is 18.5. The fourth-order valence-corrected chi connectivity index (χ4v) is 8.40. The van der Waals surface area contributed by atoms with Gasteiger partial charge in [-0.3, -0.25) is 14.4 Å². The number of hydrogen-bond donors (Lipinski definition) is 13. The van der Waals surface area contributed by atoms with Crippen molar-refractivity contribution < 1.29 is 103 Å². The van der Waals surface area contributed by atoms with Gasteiger partial charge >= 0.3 is 5.97 Å². The maximum Gasteiger partial charge on any atom is 0.335 e. The molecule has 15 atom stereocenters. The first-order chi connectivity index (χ1) is 34.3. The average molecular weight is 1030 g/mol. The molecule has 3 saturated heterocycles. The lowest BCUT2D eigenvalue weighted by atomic mass is 9.94. The lowest BCUT2D eigenvalue weighted by molar-refractivity contribution is -0.376. The standard InChI is InChI=1S/C48H71N3O21/c1-25(55)51-35-38(60)42(71-47-41(63)43(37(59)32(22-53)69-47)72-46-40(62)39(61)36(58)31(21-52)68-46)33(23-54)70-45(35)66-18-8-17-50-48(2,3)34(57)11-5-4-6-16-49-20-29(56)24-67-30-14-12-26(13-15-30)27-9-7-10-28(19-27)44(64)65/h7,9-10,12-15,19,31-33,35-43,45-47,49-50,52-54,58-63H,4-6,8,11,16-18,20-24H2,1-3H3,(H,51,55)(H,64,65)/t31?,32?,33?,35?,36-,37-,38?,39?,40?,41?,42+,43?,45+,46+,47-/m0/s1. The maximum atomic E-state index is 13.1. The first kappa shape index (κ1) is 58.7. The molecule has 13 N–H and O–H groups in total. The average Bonchev–Trinajstić information content (AvgIpc) is 3.36. The number of carboxylic acid groups (broad SMARTS) is 1. The molecule has 404 valence electrons. The third-order valence-corrected chi connectivity index (χ3v) is 12.6. The largest absolute Gasteiger partial charge is 0.486 e. The predicted octanol–water partition coefficient (Wildman–Crippen LogP) is -2.91. The fraction of sp³-hybridized carbons (Fsp3) is 0.667. The molecule has 9 unspecified atom stereocenters. The van der Waals surface area contributed by atoms with Crippen LogP contribution >= 0.6 is 0 Å². The second kappa shape index (κ2) is 27.9. The maximum absolute atomic E-state index is 13.1. The first-order valence-electron chi connectivity index (χ1n) is 23.9. The molecule has 0 bridgehead atoms. The molecule has 0 aliphatic carbocycles. The summed E-state index contributed by atoms with van der Waals surface area (Å²) in [5.41, 5.74) is 0.864. The first-order valence-corrected chi connectivity index (χ1v) is 23.9. The van der Waals surface area contributed by atoms with Gasteiger partial charge in [-0.25, -0.2) is 4.79 Å². The molecule has 3 fully saturated rings. The Labute approximate surface area is 416 Å².